The van der Waals surface area contributed by atoms with Crippen LogP contribution in [-0.4, -0.2) is 39.0 Å². The predicted octanol–water partition coefficient (Wildman–Crippen LogP) is 5.52. The van der Waals surface area contributed by atoms with Crippen LogP contribution in [0.2, 0.25) is 0 Å². The van der Waals surface area contributed by atoms with Crippen LogP contribution in [0, 0.1) is 10.1 Å². The molecule has 5 rings (SSSR count). The number of aromatic nitrogens is 2. The molecule has 0 radical (unpaired) electrons. The molecule has 3 aromatic carbocycles. The van der Waals surface area contributed by atoms with Gasteiger partial charge in [0.15, 0.2) is 5.75 Å². The molecule has 0 saturated heterocycles. The van der Waals surface area contributed by atoms with E-state index in [-0.39, 0.29) is 40.8 Å². The van der Waals surface area contributed by atoms with Crippen molar-refractivity contribution in [2.75, 3.05) is 7.11 Å². The van der Waals surface area contributed by atoms with Crippen molar-refractivity contribution in [3.63, 3.8) is 0 Å². The lowest BCUT2D eigenvalue weighted by Crippen LogP contribution is -2.25. The van der Waals surface area contributed by atoms with Crippen molar-refractivity contribution in [3.05, 3.63) is 104 Å². The van der Waals surface area contributed by atoms with Gasteiger partial charge in [0.25, 0.3) is 5.56 Å². The molecule has 1 N–H and O–H groups in total. The van der Waals surface area contributed by atoms with Crippen LogP contribution in [0.1, 0.15) is 65.3 Å². The standard InChI is InChI=1S/C30H28N4O7/c1-40-26-16-20(15-25(34(38)39)27(26)41-18-19-11-13-22(14-12-19)30(36)37)17-31-33-28(21-7-3-2-4-8-21)32-24-10-6-5-9-23(24)29(33)35/h5-6,9-17,21H,2-4,7-8,18H2,1H3,(H,36,37). The van der Waals surface area contributed by atoms with Crippen molar-refractivity contribution in [2.24, 2.45) is 5.10 Å². The number of rotatable bonds is 9. The number of hydrogen-bond donors (Lipinski definition) is 1. The summed E-state index contributed by atoms with van der Waals surface area (Å²) in [4.78, 5) is 40.8. The fourth-order valence-electron chi connectivity index (χ4n) is 5.02. The van der Waals surface area contributed by atoms with E-state index in [1.54, 1.807) is 30.3 Å². The summed E-state index contributed by atoms with van der Waals surface area (Å²) in [5, 5.41) is 26.0. The number of para-hydroxylation sites is 1. The molecule has 1 fully saturated rings. The lowest BCUT2D eigenvalue weighted by molar-refractivity contribution is -0.386. The Morgan fingerprint density at radius 1 is 1.15 bits per heavy atom. The fraction of sp³-hybridized carbons (Fsp3) is 0.267. The minimum absolute atomic E-state index is 0.0482. The Labute approximate surface area is 234 Å². The van der Waals surface area contributed by atoms with Crippen LogP contribution in [-0.2, 0) is 6.61 Å². The molecule has 0 bridgehead atoms. The van der Waals surface area contributed by atoms with E-state index in [1.807, 2.05) is 12.1 Å². The van der Waals surface area contributed by atoms with E-state index in [0.717, 1.165) is 32.1 Å². The third-order valence-corrected chi connectivity index (χ3v) is 7.13. The molecule has 11 nitrogen and oxygen atoms in total. The minimum atomic E-state index is -1.06. The Balaban J connectivity index is 1.50. The van der Waals surface area contributed by atoms with Gasteiger partial charge in [0.2, 0.25) is 5.75 Å². The van der Waals surface area contributed by atoms with Crippen molar-refractivity contribution in [3.8, 4) is 11.5 Å². The third kappa shape index (κ3) is 5.93. The molecule has 1 aliphatic rings. The van der Waals surface area contributed by atoms with Crippen LogP contribution in [0.25, 0.3) is 10.9 Å². The van der Waals surface area contributed by atoms with E-state index in [0.29, 0.717) is 27.9 Å². The van der Waals surface area contributed by atoms with Crippen LogP contribution in [0.15, 0.2) is 70.6 Å². The molecule has 1 heterocycles. The number of carboxylic acids is 1. The highest BCUT2D eigenvalue weighted by Crippen LogP contribution is 2.38. The highest BCUT2D eigenvalue weighted by atomic mass is 16.6. The van der Waals surface area contributed by atoms with E-state index in [1.165, 1.54) is 36.2 Å². The van der Waals surface area contributed by atoms with Gasteiger partial charge in [-0.1, -0.05) is 43.5 Å². The first-order valence-corrected chi connectivity index (χ1v) is 13.2. The number of benzene rings is 3. The molecule has 1 aromatic heterocycles. The van der Waals surface area contributed by atoms with E-state index >= 15 is 0 Å². The number of carbonyl (C=O) groups is 1. The first-order valence-electron chi connectivity index (χ1n) is 13.2. The van der Waals surface area contributed by atoms with Crippen LogP contribution in [0.5, 0.6) is 11.5 Å². The number of carboxylic acid groups (broad SMARTS) is 1. The molecule has 0 aliphatic heterocycles. The largest absolute Gasteiger partial charge is 0.493 e. The van der Waals surface area contributed by atoms with Crippen molar-refractivity contribution < 1.29 is 24.3 Å². The molecule has 0 spiro atoms. The number of hydrogen-bond acceptors (Lipinski definition) is 8. The van der Waals surface area contributed by atoms with E-state index < -0.39 is 10.9 Å². The molecule has 11 heteroatoms. The molecule has 0 amide bonds. The summed E-state index contributed by atoms with van der Waals surface area (Å²) in [6, 6.07) is 16.0. The van der Waals surface area contributed by atoms with Crippen molar-refractivity contribution in [2.45, 2.75) is 44.6 Å². The number of aromatic carboxylic acids is 1. The van der Waals surface area contributed by atoms with Crippen LogP contribution >= 0.6 is 0 Å². The van der Waals surface area contributed by atoms with Crippen molar-refractivity contribution >= 4 is 28.8 Å². The maximum absolute atomic E-state index is 13.5. The Bertz CT molecular complexity index is 1690. The van der Waals surface area contributed by atoms with Gasteiger partial charge in [0.1, 0.15) is 12.4 Å². The van der Waals surface area contributed by atoms with Crippen molar-refractivity contribution in [1.29, 1.82) is 0 Å². The van der Waals surface area contributed by atoms with Gasteiger partial charge >= 0.3 is 11.7 Å². The lowest BCUT2D eigenvalue weighted by Gasteiger charge is -2.22. The molecule has 4 aromatic rings. The highest BCUT2D eigenvalue weighted by Gasteiger charge is 2.24. The summed E-state index contributed by atoms with van der Waals surface area (Å²) in [6.45, 7) is -0.0482. The number of fused-ring (bicyclic) bond motifs is 1. The zero-order chi connectivity index (χ0) is 28.9. The summed E-state index contributed by atoms with van der Waals surface area (Å²) in [5.41, 5.74) is 1.04. The average Bonchev–Trinajstić information content (AvgIpc) is 2.99. The summed E-state index contributed by atoms with van der Waals surface area (Å²) in [7, 11) is 1.37. The molecular weight excluding hydrogens is 528 g/mol. The van der Waals surface area contributed by atoms with Gasteiger partial charge in [0.05, 0.1) is 34.7 Å². The van der Waals surface area contributed by atoms with Gasteiger partial charge in [0, 0.05) is 17.5 Å². The minimum Gasteiger partial charge on any atom is -0.493 e. The SMILES string of the molecule is COc1cc(C=Nn2c(C3CCCCC3)nc3ccccc3c2=O)cc([N+](=O)[O-])c1OCc1ccc(C(=O)O)cc1. The number of methoxy groups -OCH3 is 1. The van der Waals surface area contributed by atoms with Gasteiger partial charge in [-0.05, 0) is 48.7 Å². The smallest absolute Gasteiger partial charge is 0.335 e. The van der Waals surface area contributed by atoms with E-state index in [4.69, 9.17) is 19.6 Å². The Morgan fingerprint density at radius 3 is 2.56 bits per heavy atom. The summed E-state index contributed by atoms with van der Waals surface area (Å²) in [5.74, 6) is -0.356. The Hall–Kier alpha value is -5.06. The molecule has 0 unspecified atom stereocenters. The number of nitrogens with zero attached hydrogens (tertiary/aromatic N) is 4. The summed E-state index contributed by atoms with van der Waals surface area (Å²) >= 11 is 0. The second-order valence-electron chi connectivity index (χ2n) is 9.80. The number of ether oxygens (including phenoxy) is 2. The first-order chi connectivity index (χ1) is 19.9. The second kappa shape index (κ2) is 12.0. The topological polar surface area (TPSA) is 146 Å². The Morgan fingerprint density at radius 2 is 1.88 bits per heavy atom. The third-order valence-electron chi connectivity index (χ3n) is 7.13. The molecule has 41 heavy (non-hydrogen) atoms. The monoisotopic (exact) mass is 556 g/mol. The maximum atomic E-state index is 13.5. The van der Waals surface area contributed by atoms with Gasteiger partial charge in [-0.3, -0.25) is 14.9 Å². The van der Waals surface area contributed by atoms with Gasteiger partial charge in [-0.15, -0.1) is 0 Å². The van der Waals surface area contributed by atoms with Crippen LogP contribution < -0.4 is 15.0 Å². The van der Waals surface area contributed by atoms with Crippen LogP contribution in [0.4, 0.5) is 5.69 Å². The lowest BCUT2D eigenvalue weighted by atomic mass is 9.88. The molecule has 0 atom stereocenters. The molecular formula is C30H28N4O7. The average molecular weight is 557 g/mol. The van der Waals surface area contributed by atoms with Crippen molar-refractivity contribution in [1.82, 2.24) is 9.66 Å². The molecule has 1 saturated carbocycles. The Kier molecular flexibility index (Phi) is 8.04. The van der Waals surface area contributed by atoms with Crippen LogP contribution in [0.3, 0.4) is 0 Å². The van der Waals surface area contributed by atoms with Gasteiger partial charge < -0.3 is 14.6 Å². The normalized spacial score (nSPS) is 13.9. The predicted molar refractivity (Wildman–Crippen MR) is 152 cm³/mol. The first kappa shape index (κ1) is 27.5. The summed E-state index contributed by atoms with van der Waals surface area (Å²) < 4.78 is 12.5. The van der Waals surface area contributed by atoms with Gasteiger partial charge in [-0.2, -0.15) is 9.78 Å². The highest BCUT2D eigenvalue weighted by molar-refractivity contribution is 5.87. The zero-order valence-electron chi connectivity index (χ0n) is 22.4. The summed E-state index contributed by atoms with van der Waals surface area (Å²) in [6.07, 6.45) is 6.43. The van der Waals surface area contributed by atoms with E-state index in [2.05, 4.69) is 5.10 Å². The quantitative estimate of drug-likeness (QED) is 0.161. The van der Waals surface area contributed by atoms with Gasteiger partial charge in [-0.25, -0.2) is 9.78 Å². The second-order valence-corrected chi connectivity index (χ2v) is 9.80. The zero-order valence-corrected chi connectivity index (χ0v) is 22.4. The number of nitro benzene ring substituents is 1. The van der Waals surface area contributed by atoms with E-state index in [9.17, 15) is 19.7 Å². The number of nitro groups is 1. The maximum Gasteiger partial charge on any atom is 0.335 e. The molecule has 1 aliphatic carbocycles. The molecule has 210 valence electrons. The fourth-order valence-corrected chi connectivity index (χ4v) is 5.02.